The van der Waals surface area contributed by atoms with Gasteiger partial charge in [0, 0.05) is 0 Å². The molecule has 0 heterocycles. The predicted molar refractivity (Wildman–Crippen MR) is 35.1 cm³/mol. The summed E-state index contributed by atoms with van der Waals surface area (Å²) in [5.41, 5.74) is 0. The number of carbonyl (C=O) groups is 2. The molecule has 0 atom stereocenters. The maximum Gasteiger partial charge on any atom is 0.145 e. The van der Waals surface area contributed by atoms with Gasteiger partial charge < -0.3 is 5.21 Å². The molecule has 4 heteroatoms. The molecule has 0 aromatic carbocycles. The van der Waals surface area contributed by atoms with E-state index in [1.165, 1.54) is 13.8 Å². The van der Waals surface area contributed by atoms with E-state index in [2.05, 4.69) is 5.16 Å². The minimum atomic E-state index is -0.884. The van der Waals surface area contributed by atoms with Crippen molar-refractivity contribution >= 4 is 17.8 Å². The molecule has 0 rings (SSSR count). The fraction of sp³-hybridized carbons (Fsp3) is 0.500. The van der Waals surface area contributed by atoms with E-state index in [1.54, 1.807) is 0 Å². The summed E-state index contributed by atoms with van der Waals surface area (Å²) < 4.78 is 0. The van der Waals surface area contributed by atoms with E-state index in [1.807, 2.05) is 0 Å². The highest BCUT2D eigenvalue weighted by Gasteiger charge is 2.16. The maximum atomic E-state index is 10.6. The number of oxime groups is 1. The molecule has 10 heavy (non-hydrogen) atoms. The molecule has 0 fully saturated rings. The highest BCUT2D eigenvalue weighted by molar-refractivity contribution is 6.12. The van der Waals surface area contributed by atoms with Crippen LogP contribution in [0, 0.1) is 5.92 Å². The standard InChI is InChI=1S/C6H9NO3/c1-4(8)6(3-7-10)5(2)9/h3,6,10H,1-2H3/b7-3-. The lowest BCUT2D eigenvalue weighted by atomic mass is 10.0. The van der Waals surface area contributed by atoms with Gasteiger partial charge in [0.25, 0.3) is 0 Å². The minimum absolute atomic E-state index is 0.315. The van der Waals surface area contributed by atoms with Crippen molar-refractivity contribution in [3.8, 4) is 0 Å². The highest BCUT2D eigenvalue weighted by Crippen LogP contribution is 1.95. The van der Waals surface area contributed by atoms with Gasteiger partial charge in [-0.25, -0.2) is 0 Å². The van der Waals surface area contributed by atoms with Crippen molar-refractivity contribution in [2.24, 2.45) is 11.1 Å². The van der Waals surface area contributed by atoms with Gasteiger partial charge in [0.05, 0.1) is 6.21 Å². The number of rotatable bonds is 3. The van der Waals surface area contributed by atoms with E-state index in [9.17, 15) is 9.59 Å². The Kier molecular flexibility index (Phi) is 3.32. The van der Waals surface area contributed by atoms with Crippen molar-refractivity contribution < 1.29 is 14.8 Å². The summed E-state index contributed by atoms with van der Waals surface area (Å²) in [5.74, 6) is -1.51. The van der Waals surface area contributed by atoms with Crippen LogP contribution < -0.4 is 0 Å². The summed E-state index contributed by atoms with van der Waals surface area (Å²) in [6.07, 6.45) is 0.921. The first-order valence-corrected chi connectivity index (χ1v) is 2.78. The van der Waals surface area contributed by atoms with Crippen LogP contribution in [0.3, 0.4) is 0 Å². The first-order chi connectivity index (χ1) is 4.59. The largest absolute Gasteiger partial charge is 0.411 e. The molecule has 0 spiro atoms. The van der Waals surface area contributed by atoms with Crippen LogP contribution in [0.5, 0.6) is 0 Å². The Balaban J connectivity index is 4.27. The van der Waals surface area contributed by atoms with E-state index < -0.39 is 5.92 Å². The Morgan fingerprint density at radius 1 is 1.40 bits per heavy atom. The van der Waals surface area contributed by atoms with Gasteiger partial charge in [-0.2, -0.15) is 0 Å². The van der Waals surface area contributed by atoms with Crippen LogP contribution in [0.15, 0.2) is 5.16 Å². The SMILES string of the molecule is CC(=O)C(/C=N\O)C(C)=O. The molecule has 0 unspecified atom stereocenters. The van der Waals surface area contributed by atoms with E-state index in [4.69, 9.17) is 5.21 Å². The van der Waals surface area contributed by atoms with E-state index >= 15 is 0 Å². The zero-order chi connectivity index (χ0) is 8.15. The summed E-state index contributed by atoms with van der Waals surface area (Å²) in [6.45, 7) is 2.54. The minimum Gasteiger partial charge on any atom is -0.411 e. The summed E-state index contributed by atoms with van der Waals surface area (Å²) in [7, 11) is 0. The van der Waals surface area contributed by atoms with Gasteiger partial charge in [0.2, 0.25) is 0 Å². The van der Waals surface area contributed by atoms with Crippen LogP contribution >= 0.6 is 0 Å². The number of ketones is 2. The molecule has 0 amide bonds. The second-order valence-corrected chi connectivity index (χ2v) is 1.96. The lowest BCUT2D eigenvalue weighted by Crippen LogP contribution is -2.20. The number of Topliss-reactive ketones (excluding diaryl/α,β-unsaturated/α-hetero) is 2. The lowest BCUT2D eigenvalue weighted by molar-refractivity contribution is -0.127. The molecular formula is C6H9NO3. The average molecular weight is 143 g/mol. The van der Waals surface area contributed by atoms with Gasteiger partial charge in [-0.15, -0.1) is 5.16 Å². The Labute approximate surface area is 58.5 Å². The quantitative estimate of drug-likeness (QED) is 0.266. The third kappa shape index (κ3) is 2.39. The van der Waals surface area contributed by atoms with Crippen LogP contribution in [-0.4, -0.2) is 23.0 Å². The summed E-state index contributed by atoms with van der Waals surface area (Å²) >= 11 is 0. The molecule has 0 aliphatic heterocycles. The third-order valence-corrected chi connectivity index (χ3v) is 1.09. The zero-order valence-electron chi connectivity index (χ0n) is 5.87. The third-order valence-electron chi connectivity index (χ3n) is 1.09. The second-order valence-electron chi connectivity index (χ2n) is 1.96. The molecule has 0 saturated carbocycles. The van der Waals surface area contributed by atoms with Gasteiger partial charge in [-0.05, 0) is 13.8 Å². The summed E-state index contributed by atoms with van der Waals surface area (Å²) in [5, 5.41) is 10.6. The van der Waals surface area contributed by atoms with Gasteiger partial charge in [-0.3, -0.25) is 9.59 Å². The van der Waals surface area contributed by atoms with Crippen LogP contribution in [0.4, 0.5) is 0 Å². The predicted octanol–water partition coefficient (Wildman–Crippen LogP) is 0.241. The van der Waals surface area contributed by atoms with Gasteiger partial charge in [0.15, 0.2) is 0 Å². The van der Waals surface area contributed by atoms with Crippen molar-refractivity contribution in [3.05, 3.63) is 0 Å². The number of nitrogens with zero attached hydrogens (tertiary/aromatic N) is 1. The Hall–Kier alpha value is -1.19. The van der Waals surface area contributed by atoms with E-state index in [-0.39, 0.29) is 11.6 Å². The molecule has 0 radical (unpaired) electrons. The first kappa shape index (κ1) is 8.81. The Morgan fingerprint density at radius 3 is 1.90 bits per heavy atom. The molecular weight excluding hydrogens is 134 g/mol. The fourth-order valence-electron chi connectivity index (χ4n) is 0.563. The number of carbonyl (C=O) groups excluding carboxylic acids is 2. The Bertz CT molecular complexity index is 160. The van der Waals surface area contributed by atoms with Gasteiger partial charge >= 0.3 is 0 Å². The maximum absolute atomic E-state index is 10.6. The molecule has 0 saturated heterocycles. The molecule has 0 aromatic rings. The van der Waals surface area contributed by atoms with Crippen LogP contribution in [-0.2, 0) is 9.59 Å². The van der Waals surface area contributed by atoms with Gasteiger partial charge in [-0.1, -0.05) is 0 Å². The fourth-order valence-corrected chi connectivity index (χ4v) is 0.563. The number of hydrogen-bond acceptors (Lipinski definition) is 4. The van der Waals surface area contributed by atoms with Crippen LogP contribution in [0.2, 0.25) is 0 Å². The molecule has 56 valence electrons. The lowest BCUT2D eigenvalue weighted by Gasteiger charge is -1.99. The summed E-state index contributed by atoms with van der Waals surface area (Å²) in [6, 6.07) is 0. The van der Waals surface area contributed by atoms with E-state index in [0.717, 1.165) is 6.21 Å². The van der Waals surface area contributed by atoms with Crippen molar-refractivity contribution in [1.29, 1.82) is 0 Å². The van der Waals surface area contributed by atoms with E-state index in [0.29, 0.717) is 0 Å². The Morgan fingerprint density at radius 2 is 1.80 bits per heavy atom. The van der Waals surface area contributed by atoms with Crippen LogP contribution in [0.25, 0.3) is 0 Å². The van der Waals surface area contributed by atoms with Gasteiger partial charge in [0.1, 0.15) is 17.5 Å². The normalized spacial score (nSPS) is 10.7. The smallest absolute Gasteiger partial charge is 0.145 e. The topological polar surface area (TPSA) is 66.7 Å². The van der Waals surface area contributed by atoms with Crippen LogP contribution in [0.1, 0.15) is 13.8 Å². The second kappa shape index (κ2) is 3.76. The van der Waals surface area contributed by atoms with Crippen molar-refractivity contribution in [1.82, 2.24) is 0 Å². The number of hydrogen-bond donors (Lipinski definition) is 1. The summed E-state index contributed by atoms with van der Waals surface area (Å²) in [4.78, 5) is 21.1. The highest BCUT2D eigenvalue weighted by atomic mass is 16.4. The molecule has 0 aromatic heterocycles. The van der Waals surface area contributed by atoms with Crippen molar-refractivity contribution in [3.63, 3.8) is 0 Å². The molecule has 0 aliphatic rings. The van der Waals surface area contributed by atoms with Crippen molar-refractivity contribution in [2.45, 2.75) is 13.8 Å². The average Bonchev–Trinajstić information content (AvgIpc) is 1.81. The first-order valence-electron chi connectivity index (χ1n) is 2.78. The molecule has 0 aliphatic carbocycles. The molecule has 1 N–H and O–H groups in total. The van der Waals surface area contributed by atoms with Crippen molar-refractivity contribution in [2.75, 3.05) is 0 Å². The monoisotopic (exact) mass is 143 g/mol. The molecule has 0 bridgehead atoms. The zero-order valence-corrected chi connectivity index (χ0v) is 5.87. The molecule has 4 nitrogen and oxygen atoms in total.